The topological polar surface area (TPSA) is 35.2 Å². The predicted octanol–water partition coefficient (Wildman–Crippen LogP) is 5.35. The summed E-state index contributed by atoms with van der Waals surface area (Å²) in [5, 5.41) is 0. The SMILES string of the molecule is Nc1ccc(Br)cc1Oc1ccc(Br)cc1Br. The van der Waals surface area contributed by atoms with Crippen LogP contribution in [0.4, 0.5) is 5.69 Å². The summed E-state index contributed by atoms with van der Waals surface area (Å²) in [4.78, 5) is 0. The minimum Gasteiger partial charge on any atom is -0.454 e. The van der Waals surface area contributed by atoms with E-state index in [-0.39, 0.29) is 0 Å². The Balaban J connectivity index is 2.34. The van der Waals surface area contributed by atoms with Gasteiger partial charge in [-0.05, 0) is 52.3 Å². The molecule has 2 aromatic carbocycles. The Labute approximate surface area is 125 Å². The molecule has 0 fully saturated rings. The molecule has 0 aromatic heterocycles. The first kappa shape index (κ1) is 12.9. The molecule has 17 heavy (non-hydrogen) atoms. The molecule has 2 rings (SSSR count). The van der Waals surface area contributed by atoms with E-state index in [1.807, 2.05) is 30.3 Å². The normalized spacial score (nSPS) is 10.3. The van der Waals surface area contributed by atoms with Crippen LogP contribution in [0.5, 0.6) is 11.5 Å². The van der Waals surface area contributed by atoms with Gasteiger partial charge in [-0.15, -0.1) is 0 Å². The lowest BCUT2D eigenvalue weighted by Gasteiger charge is -2.10. The summed E-state index contributed by atoms with van der Waals surface area (Å²) in [5.74, 6) is 1.35. The van der Waals surface area contributed by atoms with E-state index in [1.165, 1.54) is 0 Å². The van der Waals surface area contributed by atoms with Crippen molar-refractivity contribution in [3.63, 3.8) is 0 Å². The van der Waals surface area contributed by atoms with E-state index < -0.39 is 0 Å². The zero-order valence-corrected chi connectivity index (χ0v) is 13.3. The van der Waals surface area contributed by atoms with Gasteiger partial charge in [0.25, 0.3) is 0 Å². The molecule has 0 aliphatic carbocycles. The molecule has 0 bridgehead atoms. The second-order valence-corrected chi connectivity index (χ2v) is 6.04. The largest absolute Gasteiger partial charge is 0.454 e. The average molecular weight is 422 g/mol. The first-order valence-electron chi connectivity index (χ1n) is 4.74. The molecule has 0 radical (unpaired) electrons. The Morgan fingerprint density at radius 3 is 2.18 bits per heavy atom. The van der Waals surface area contributed by atoms with Crippen LogP contribution < -0.4 is 10.5 Å². The summed E-state index contributed by atoms with van der Waals surface area (Å²) in [6, 6.07) is 11.2. The van der Waals surface area contributed by atoms with Crippen molar-refractivity contribution in [2.75, 3.05) is 5.73 Å². The Morgan fingerprint density at radius 2 is 1.47 bits per heavy atom. The van der Waals surface area contributed by atoms with E-state index in [9.17, 15) is 0 Å². The molecule has 0 unspecified atom stereocenters. The fourth-order valence-corrected chi connectivity index (χ4v) is 2.74. The Kier molecular flexibility index (Phi) is 4.12. The van der Waals surface area contributed by atoms with Gasteiger partial charge in [0.05, 0.1) is 10.2 Å². The van der Waals surface area contributed by atoms with Crippen LogP contribution in [0.3, 0.4) is 0 Å². The fourth-order valence-electron chi connectivity index (χ4n) is 1.27. The lowest BCUT2D eigenvalue weighted by Crippen LogP contribution is -1.92. The van der Waals surface area contributed by atoms with Crippen LogP contribution in [-0.4, -0.2) is 0 Å². The van der Waals surface area contributed by atoms with Crippen LogP contribution in [0, 0.1) is 0 Å². The Hall–Kier alpha value is -0.520. The lowest BCUT2D eigenvalue weighted by atomic mass is 10.3. The zero-order valence-electron chi connectivity index (χ0n) is 8.58. The fraction of sp³-hybridized carbons (Fsp3) is 0. The molecule has 0 saturated carbocycles. The third kappa shape index (κ3) is 3.24. The molecule has 0 heterocycles. The molecule has 88 valence electrons. The molecule has 0 aliphatic rings. The van der Waals surface area contributed by atoms with Gasteiger partial charge in [0.2, 0.25) is 0 Å². The minimum absolute atomic E-state index is 0.600. The summed E-state index contributed by atoms with van der Waals surface area (Å²) in [6.07, 6.45) is 0. The van der Waals surface area contributed by atoms with Crippen molar-refractivity contribution in [2.24, 2.45) is 0 Å². The van der Waals surface area contributed by atoms with Gasteiger partial charge in [-0.3, -0.25) is 0 Å². The first-order valence-corrected chi connectivity index (χ1v) is 7.12. The van der Waals surface area contributed by atoms with Crippen LogP contribution in [0.2, 0.25) is 0 Å². The van der Waals surface area contributed by atoms with Crippen molar-refractivity contribution in [3.05, 3.63) is 49.8 Å². The summed E-state index contributed by atoms with van der Waals surface area (Å²) in [5.41, 5.74) is 6.45. The molecule has 0 atom stereocenters. The van der Waals surface area contributed by atoms with E-state index in [0.29, 0.717) is 11.4 Å². The molecular weight excluding hydrogens is 414 g/mol. The smallest absolute Gasteiger partial charge is 0.151 e. The molecule has 0 amide bonds. The number of benzene rings is 2. The molecule has 2 N–H and O–H groups in total. The number of anilines is 1. The number of ether oxygens (including phenoxy) is 1. The summed E-state index contributed by atoms with van der Waals surface area (Å²) >= 11 is 10.2. The standard InChI is InChI=1S/C12H8Br3NO/c13-7-2-4-11(9(15)5-7)17-12-6-8(14)1-3-10(12)16/h1-6H,16H2. The number of nitrogen functional groups attached to an aromatic ring is 1. The predicted molar refractivity (Wildman–Crippen MR) is 80.5 cm³/mol. The van der Waals surface area contributed by atoms with Gasteiger partial charge in [0.15, 0.2) is 5.75 Å². The van der Waals surface area contributed by atoms with Gasteiger partial charge >= 0.3 is 0 Å². The zero-order chi connectivity index (χ0) is 12.4. The maximum Gasteiger partial charge on any atom is 0.151 e. The summed E-state index contributed by atoms with van der Waals surface area (Å²) < 4.78 is 8.53. The first-order chi connectivity index (χ1) is 8.06. The average Bonchev–Trinajstić information content (AvgIpc) is 2.27. The highest BCUT2D eigenvalue weighted by molar-refractivity contribution is 9.11. The molecule has 0 saturated heterocycles. The van der Waals surface area contributed by atoms with Crippen LogP contribution in [-0.2, 0) is 0 Å². The molecule has 0 aliphatic heterocycles. The van der Waals surface area contributed by atoms with E-state index in [4.69, 9.17) is 10.5 Å². The van der Waals surface area contributed by atoms with E-state index in [2.05, 4.69) is 47.8 Å². The van der Waals surface area contributed by atoms with Gasteiger partial charge in [0, 0.05) is 8.95 Å². The molecular formula is C12H8Br3NO. The van der Waals surface area contributed by atoms with Crippen LogP contribution >= 0.6 is 47.8 Å². The lowest BCUT2D eigenvalue weighted by molar-refractivity contribution is 0.481. The van der Waals surface area contributed by atoms with Gasteiger partial charge in [-0.2, -0.15) is 0 Å². The van der Waals surface area contributed by atoms with E-state index >= 15 is 0 Å². The Bertz CT molecular complexity index is 557. The van der Waals surface area contributed by atoms with Crippen molar-refractivity contribution < 1.29 is 4.74 Å². The third-order valence-electron chi connectivity index (χ3n) is 2.09. The van der Waals surface area contributed by atoms with Crippen molar-refractivity contribution in [2.45, 2.75) is 0 Å². The highest BCUT2D eigenvalue weighted by atomic mass is 79.9. The maximum atomic E-state index is 5.85. The third-order valence-corrected chi connectivity index (χ3v) is 3.70. The second kappa shape index (κ2) is 5.42. The number of rotatable bonds is 2. The summed E-state index contributed by atoms with van der Waals surface area (Å²) in [7, 11) is 0. The van der Waals surface area contributed by atoms with E-state index in [0.717, 1.165) is 19.2 Å². The quantitative estimate of drug-likeness (QED) is 0.663. The highest BCUT2D eigenvalue weighted by Crippen LogP contribution is 2.35. The number of hydrogen-bond acceptors (Lipinski definition) is 2. The molecule has 2 aromatic rings. The molecule has 0 spiro atoms. The van der Waals surface area contributed by atoms with Gasteiger partial charge in [-0.25, -0.2) is 0 Å². The van der Waals surface area contributed by atoms with Gasteiger partial charge in [-0.1, -0.05) is 31.9 Å². The van der Waals surface area contributed by atoms with Crippen molar-refractivity contribution in [1.82, 2.24) is 0 Å². The highest BCUT2D eigenvalue weighted by Gasteiger charge is 2.06. The van der Waals surface area contributed by atoms with Gasteiger partial charge in [0.1, 0.15) is 5.75 Å². The van der Waals surface area contributed by atoms with Gasteiger partial charge < -0.3 is 10.5 Å². The van der Waals surface area contributed by atoms with Crippen LogP contribution in [0.25, 0.3) is 0 Å². The molecule has 2 nitrogen and oxygen atoms in total. The van der Waals surface area contributed by atoms with Crippen molar-refractivity contribution in [3.8, 4) is 11.5 Å². The van der Waals surface area contributed by atoms with Crippen LogP contribution in [0.1, 0.15) is 0 Å². The second-order valence-electron chi connectivity index (χ2n) is 3.36. The number of nitrogens with two attached hydrogens (primary N) is 1. The summed E-state index contributed by atoms with van der Waals surface area (Å²) in [6.45, 7) is 0. The molecule has 5 heteroatoms. The Morgan fingerprint density at radius 1 is 0.824 bits per heavy atom. The maximum absolute atomic E-state index is 5.85. The van der Waals surface area contributed by atoms with Crippen molar-refractivity contribution in [1.29, 1.82) is 0 Å². The number of hydrogen-bond donors (Lipinski definition) is 1. The van der Waals surface area contributed by atoms with Crippen molar-refractivity contribution >= 4 is 53.5 Å². The van der Waals surface area contributed by atoms with E-state index in [1.54, 1.807) is 6.07 Å². The minimum atomic E-state index is 0.600. The van der Waals surface area contributed by atoms with Crippen LogP contribution in [0.15, 0.2) is 49.8 Å². The number of halogens is 3. The monoisotopic (exact) mass is 419 g/mol.